The molecule has 0 aliphatic carbocycles. The third-order valence-corrected chi connectivity index (χ3v) is 11.9. The summed E-state index contributed by atoms with van der Waals surface area (Å²) in [5.41, 5.74) is 0. The van der Waals surface area contributed by atoms with Gasteiger partial charge in [0.05, 0.1) is 0 Å². The van der Waals surface area contributed by atoms with Gasteiger partial charge in [0.25, 0.3) is 0 Å². The van der Waals surface area contributed by atoms with Crippen LogP contribution in [0.5, 0.6) is 0 Å². The molecule has 0 saturated heterocycles. The minimum Gasteiger partial charge on any atom is -0.462 e. The zero-order valence-corrected chi connectivity index (χ0v) is 41.4. The summed E-state index contributed by atoms with van der Waals surface area (Å²) >= 11 is 0. The van der Waals surface area contributed by atoms with Gasteiger partial charge in [-0.05, 0) is 57.8 Å². The number of ether oxygens (including phenoxy) is 3. The normalized spacial score (nSPS) is 12.2. The van der Waals surface area contributed by atoms with Crippen LogP contribution in [0.3, 0.4) is 0 Å². The smallest absolute Gasteiger partial charge is 0.306 e. The van der Waals surface area contributed by atoms with Crippen LogP contribution in [0.4, 0.5) is 0 Å². The quantitative estimate of drug-likeness (QED) is 0.0262. The van der Waals surface area contributed by atoms with E-state index in [0.29, 0.717) is 19.3 Å². The summed E-state index contributed by atoms with van der Waals surface area (Å²) in [4.78, 5) is 37.9. The van der Waals surface area contributed by atoms with Crippen LogP contribution in [0.15, 0.2) is 36.5 Å². The van der Waals surface area contributed by atoms with Gasteiger partial charge in [-0.1, -0.05) is 243 Å². The summed E-state index contributed by atoms with van der Waals surface area (Å²) in [6.07, 6.45) is 59.9. The predicted octanol–water partition coefficient (Wildman–Crippen LogP) is 17.7. The minimum atomic E-state index is -0.768. The van der Waals surface area contributed by atoms with Gasteiger partial charge in [-0.15, -0.1) is 0 Å². The monoisotopic (exact) mass is 871 g/mol. The van der Waals surface area contributed by atoms with Crippen LogP contribution in [-0.4, -0.2) is 37.2 Å². The van der Waals surface area contributed by atoms with Gasteiger partial charge in [-0.25, -0.2) is 0 Å². The Balaban J connectivity index is 4.22. The zero-order chi connectivity index (χ0) is 45.1. The first-order valence-corrected chi connectivity index (χ1v) is 27.0. The maximum absolute atomic E-state index is 12.8. The molecule has 0 aliphatic heterocycles. The lowest BCUT2D eigenvalue weighted by Gasteiger charge is -2.18. The number of unbranched alkanes of at least 4 members (excludes halogenated alkanes) is 32. The highest BCUT2D eigenvalue weighted by molar-refractivity contribution is 5.71. The van der Waals surface area contributed by atoms with E-state index in [0.717, 1.165) is 77.0 Å². The maximum Gasteiger partial charge on any atom is 0.306 e. The first kappa shape index (κ1) is 59.6. The Morgan fingerprint density at radius 3 is 0.903 bits per heavy atom. The SMILES string of the molecule is CCCCCCC/C=C\C/C=C\C/C=C\CCCCCCCCCCC(=O)OCC(COC(=O)CCCCCCCCCCC)OC(=O)CCCCCCCCCCCCCC. The molecule has 0 fully saturated rings. The molecular formula is C56H102O6. The molecule has 0 aliphatic rings. The van der Waals surface area contributed by atoms with Gasteiger partial charge in [0.15, 0.2) is 6.10 Å². The molecule has 0 bridgehead atoms. The Hall–Kier alpha value is -2.37. The van der Waals surface area contributed by atoms with Crippen molar-refractivity contribution >= 4 is 17.9 Å². The summed E-state index contributed by atoms with van der Waals surface area (Å²) < 4.78 is 16.8. The summed E-state index contributed by atoms with van der Waals surface area (Å²) in [6.45, 7) is 6.62. The number of esters is 3. The molecule has 0 aromatic heterocycles. The Kier molecular flexibility index (Phi) is 49.3. The lowest BCUT2D eigenvalue weighted by atomic mass is 10.0. The van der Waals surface area contributed by atoms with E-state index >= 15 is 0 Å². The molecule has 0 aromatic carbocycles. The van der Waals surface area contributed by atoms with Gasteiger partial charge in [0, 0.05) is 19.3 Å². The third kappa shape index (κ3) is 48.7. The second kappa shape index (κ2) is 51.3. The van der Waals surface area contributed by atoms with Crippen LogP contribution in [0.1, 0.15) is 284 Å². The number of allylic oxidation sites excluding steroid dienone is 6. The van der Waals surface area contributed by atoms with E-state index in [4.69, 9.17) is 14.2 Å². The number of hydrogen-bond acceptors (Lipinski definition) is 6. The van der Waals surface area contributed by atoms with E-state index in [1.807, 2.05) is 0 Å². The fourth-order valence-electron chi connectivity index (χ4n) is 7.80. The Morgan fingerprint density at radius 2 is 0.581 bits per heavy atom. The van der Waals surface area contributed by atoms with E-state index in [2.05, 4.69) is 57.2 Å². The summed E-state index contributed by atoms with van der Waals surface area (Å²) in [7, 11) is 0. The molecule has 0 heterocycles. The highest BCUT2D eigenvalue weighted by atomic mass is 16.6. The van der Waals surface area contributed by atoms with E-state index in [1.54, 1.807) is 0 Å². The highest BCUT2D eigenvalue weighted by Crippen LogP contribution is 2.16. The van der Waals surface area contributed by atoms with Crippen LogP contribution in [-0.2, 0) is 28.6 Å². The lowest BCUT2D eigenvalue weighted by molar-refractivity contribution is -0.167. The standard InChI is InChI=1S/C56H102O6/c1-4-7-10-13-16-19-21-23-24-25-26-27-28-29-30-31-32-33-35-37-40-43-46-49-55(58)61-52-53(51-60-54(57)48-45-42-39-36-18-15-12-9-6-3)62-56(59)50-47-44-41-38-34-22-20-17-14-11-8-5-2/h21,23,25-26,28-29,53H,4-20,22,24,27,30-52H2,1-3H3/b23-21-,26-25-,29-28-. The number of carbonyl (C=O) groups is 3. The van der Waals surface area contributed by atoms with E-state index in [1.165, 1.54) is 167 Å². The van der Waals surface area contributed by atoms with Gasteiger partial charge in [-0.2, -0.15) is 0 Å². The van der Waals surface area contributed by atoms with E-state index < -0.39 is 6.10 Å². The van der Waals surface area contributed by atoms with Crippen LogP contribution >= 0.6 is 0 Å². The average molecular weight is 871 g/mol. The van der Waals surface area contributed by atoms with Crippen molar-refractivity contribution in [3.05, 3.63) is 36.5 Å². The van der Waals surface area contributed by atoms with Crippen LogP contribution in [0.25, 0.3) is 0 Å². The predicted molar refractivity (Wildman–Crippen MR) is 266 cm³/mol. The van der Waals surface area contributed by atoms with Crippen molar-refractivity contribution in [2.75, 3.05) is 13.2 Å². The summed E-state index contributed by atoms with van der Waals surface area (Å²) in [5.74, 6) is -0.870. The molecule has 1 unspecified atom stereocenters. The largest absolute Gasteiger partial charge is 0.462 e. The molecular weight excluding hydrogens is 769 g/mol. The molecule has 0 rings (SSSR count). The molecule has 1 atom stereocenters. The van der Waals surface area contributed by atoms with Crippen LogP contribution < -0.4 is 0 Å². The molecule has 6 nitrogen and oxygen atoms in total. The van der Waals surface area contributed by atoms with Gasteiger partial charge in [0.1, 0.15) is 13.2 Å². The first-order chi connectivity index (χ1) is 30.5. The maximum atomic E-state index is 12.8. The highest BCUT2D eigenvalue weighted by Gasteiger charge is 2.19. The van der Waals surface area contributed by atoms with Crippen LogP contribution in [0.2, 0.25) is 0 Å². The molecule has 0 saturated carbocycles. The Morgan fingerprint density at radius 1 is 0.323 bits per heavy atom. The van der Waals surface area contributed by atoms with Gasteiger partial charge in [0.2, 0.25) is 0 Å². The molecule has 362 valence electrons. The molecule has 0 N–H and O–H groups in total. The molecule has 6 heteroatoms. The second-order valence-electron chi connectivity index (χ2n) is 18.2. The lowest BCUT2D eigenvalue weighted by Crippen LogP contribution is -2.30. The summed E-state index contributed by atoms with van der Waals surface area (Å²) in [6, 6.07) is 0. The first-order valence-electron chi connectivity index (χ1n) is 27.0. The van der Waals surface area contributed by atoms with Gasteiger partial charge < -0.3 is 14.2 Å². The molecule has 0 radical (unpaired) electrons. The van der Waals surface area contributed by atoms with Gasteiger partial charge >= 0.3 is 17.9 Å². The molecule has 62 heavy (non-hydrogen) atoms. The van der Waals surface area contributed by atoms with Crippen molar-refractivity contribution in [2.24, 2.45) is 0 Å². The van der Waals surface area contributed by atoms with E-state index in [-0.39, 0.29) is 31.1 Å². The van der Waals surface area contributed by atoms with Crippen molar-refractivity contribution in [2.45, 2.75) is 290 Å². The number of rotatable bonds is 49. The van der Waals surface area contributed by atoms with Gasteiger partial charge in [-0.3, -0.25) is 14.4 Å². The van der Waals surface area contributed by atoms with Crippen molar-refractivity contribution in [3.63, 3.8) is 0 Å². The molecule has 0 spiro atoms. The van der Waals surface area contributed by atoms with Crippen molar-refractivity contribution in [1.82, 2.24) is 0 Å². The van der Waals surface area contributed by atoms with Crippen molar-refractivity contribution in [3.8, 4) is 0 Å². The third-order valence-electron chi connectivity index (χ3n) is 11.9. The average Bonchev–Trinajstić information content (AvgIpc) is 3.27. The van der Waals surface area contributed by atoms with Crippen molar-refractivity contribution in [1.29, 1.82) is 0 Å². The minimum absolute atomic E-state index is 0.0706. The topological polar surface area (TPSA) is 78.9 Å². The molecule has 0 amide bonds. The Bertz CT molecular complexity index is 1050. The number of hydrogen-bond donors (Lipinski definition) is 0. The fourth-order valence-corrected chi connectivity index (χ4v) is 7.80. The Labute approximate surface area is 385 Å². The second-order valence-corrected chi connectivity index (χ2v) is 18.2. The van der Waals surface area contributed by atoms with Crippen molar-refractivity contribution < 1.29 is 28.6 Å². The summed E-state index contributed by atoms with van der Waals surface area (Å²) in [5, 5.41) is 0. The zero-order valence-electron chi connectivity index (χ0n) is 41.4. The molecule has 0 aromatic rings. The fraction of sp³-hybridized carbons (Fsp3) is 0.839. The van der Waals surface area contributed by atoms with E-state index in [9.17, 15) is 14.4 Å². The van der Waals surface area contributed by atoms with Crippen LogP contribution in [0, 0.1) is 0 Å². The number of carbonyl (C=O) groups excluding carboxylic acids is 3.